The van der Waals surface area contributed by atoms with E-state index in [-0.39, 0.29) is 17.0 Å². The summed E-state index contributed by atoms with van der Waals surface area (Å²) in [6.07, 6.45) is 2.87. The summed E-state index contributed by atoms with van der Waals surface area (Å²) in [5.41, 5.74) is 5.18. The Balaban J connectivity index is 0. The van der Waals surface area contributed by atoms with Crippen molar-refractivity contribution in [2.24, 2.45) is 11.1 Å². The third-order valence-electron chi connectivity index (χ3n) is 2.61. The number of ketones is 1. The quantitative estimate of drug-likeness (QED) is 0.727. The van der Waals surface area contributed by atoms with Crippen LogP contribution in [0.4, 0.5) is 0 Å². The average Bonchev–Trinajstić information content (AvgIpc) is 2.27. The average molecular weight is 272 g/mol. The summed E-state index contributed by atoms with van der Waals surface area (Å²) >= 11 is 0. The number of carbonyl (C=O) groups is 1. The first-order valence-electron chi connectivity index (χ1n) is 7.60. The molecule has 0 fully saturated rings. The van der Waals surface area contributed by atoms with Gasteiger partial charge in [-0.1, -0.05) is 41.0 Å². The van der Waals surface area contributed by atoms with Crippen molar-refractivity contribution in [3.8, 4) is 0 Å². The van der Waals surface area contributed by atoms with Crippen LogP contribution in [0.1, 0.15) is 74.7 Å². The van der Waals surface area contributed by atoms with Crippen LogP contribution in [0, 0.1) is 5.41 Å². The first-order chi connectivity index (χ1) is 8.58. The van der Waals surface area contributed by atoms with Gasteiger partial charge in [0.05, 0.1) is 6.04 Å². The minimum atomic E-state index is -0.286. The molecule has 0 bridgehead atoms. The third-order valence-corrected chi connectivity index (χ3v) is 2.61. The lowest BCUT2D eigenvalue weighted by atomic mass is 9.84. The van der Waals surface area contributed by atoms with E-state index in [1.807, 2.05) is 34.6 Å². The predicted octanol–water partition coefficient (Wildman–Crippen LogP) is 3.51. The van der Waals surface area contributed by atoms with Gasteiger partial charge in [0.15, 0.2) is 5.78 Å². The van der Waals surface area contributed by atoms with Crippen LogP contribution in [0.3, 0.4) is 0 Å². The smallest absolute Gasteiger partial charge is 0.155 e. The highest BCUT2D eigenvalue weighted by atomic mass is 16.1. The second kappa shape index (κ2) is 9.49. The van der Waals surface area contributed by atoms with Gasteiger partial charge in [0, 0.05) is 11.0 Å². The summed E-state index contributed by atoms with van der Waals surface area (Å²) in [4.78, 5) is 12.3. The van der Waals surface area contributed by atoms with Crippen LogP contribution in [-0.2, 0) is 4.79 Å². The summed E-state index contributed by atoms with van der Waals surface area (Å²) < 4.78 is 0. The second-order valence-electron chi connectivity index (χ2n) is 6.85. The van der Waals surface area contributed by atoms with Crippen LogP contribution in [0.25, 0.3) is 0 Å². The topological polar surface area (TPSA) is 55.1 Å². The van der Waals surface area contributed by atoms with Gasteiger partial charge in [0.2, 0.25) is 0 Å². The fourth-order valence-corrected chi connectivity index (χ4v) is 1.81. The molecule has 0 aromatic rings. The Morgan fingerprint density at radius 2 is 1.53 bits per heavy atom. The number of Topliss-reactive ketones (excluding diaryl/α,β-unsaturated/α-hetero) is 1. The van der Waals surface area contributed by atoms with Gasteiger partial charge in [-0.05, 0) is 40.2 Å². The Hall–Kier alpha value is -0.410. The lowest BCUT2D eigenvalue weighted by Crippen LogP contribution is -2.50. The summed E-state index contributed by atoms with van der Waals surface area (Å²) in [6, 6.07) is -0.0541. The Morgan fingerprint density at radius 3 is 1.84 bits per heavy atom. The molecule has 0 aliphatic heterocycles. The Morgan fingerprint density at radius 1 is 1.05 bits per heavy atom. The lowest BCUT2D eigenvalue weighted by molar-refractivity contribution is -0.129. The molecule has 0 heterocycles. The fraction of sp³-hybridized carbons (Fsp3) is 0.938. The number of rotatable bonds is 6. The molecule has 3 N–H and O–H groups in total. The Bertz CT molecular complexity index is 236. The van der Waals surface area contributed by atoms with E-state index in [4.69, 9.17) is 5.73 Å². The number of nitrogens with one attached hydrogen (secondary N) is 1. The van der Waals surface area contributed by atoms with Crippen LogP contribution in [-0.4, -0.2) is 23.9 Å². The highest BCUT2D eigenvalue weighted by Gasteiger charge is 2.31. The molecule has 1 atom stereocenters. The van der Waals surface area contributed by atoms with Gasteiger partial charge >= 0.3 is 0 Å². The maximum Gasteiger partial charge on any atom is 0.155 e. The van der Waals surface area contributed by atoms with E-state index in [0.717, 1.165) is 19.3 Å². The minimum Gasteiger partial charge on any atom is -0.330 e. The number of carbonyl (C=O) groups excluding carboxylic acids is 1. The highest BCUT2D eigenvalue weighted by Crippen LogP contribution is 2.20. The maximum atomic E-state index is 12.3. The lowest BCUT2D eigenvalue weighted by Gasteiger charge is -2.31. The number of hydrogen-bond donors (Lipinski definition) is 2. The summed E-state index contributed by atoms with van der Waals surface area (Å²) in [5, 5.41) is 3.43. The van der Waals surface area contributed by atoms with E-state index in [1.54, 1.807) is 0 Å². The zero-order valence-electron chi connectivity index (χ0n) is 14.4. The zero-order valence-corrected chi connectivity index (χ0v) is 14.4. The first kappa shape index (κ1) is 20.9. The van der Waals surface area contributed by atoms with Crippen molar-refractivity contribution in [2.75, 3.05) is 6.54 Å². The van der Waals surface area contributed by atoms with E-state index < -0.39 is 0 Å². The molecule has 3 nitrogen and oxygen atoms in total. The fourth-order valence-electron chi connectivity index (χ4n) is 1.81. The monoisotopic (exact) mass is 272 g/mol. The second-order valence-corrected chi connectivity index (χ2v) is 6.85. The molecule has 0 spiro atoms. The highest BCUT2D eigenvalue weighted by molar-refractivity contribution is 5.88. The molecule has 0 rings (SSSR count). The third kappa shape index (κ3) is 11.1. The number of unbranched alkanes of at least 4 members (excludes halogenated alkanes) is 1. The molecule has 0 saturated carbocycles. The van der Waals surface area contributed by atoms with Crippen molar-refractivity contribution in [2.45, 2.75) is 86.2 Å². The number of nitrogens with two attached hydrogens (primary N) is 1. The zero-order chi connectivity index (χ0) is 15.7. The van der Waals surface area contributed by atoms with E-state index in [2.05, 4.69) is 26.1 Å². The molecule has 116 valence electrons. The molecule has 1 unspecified atom stereocenters. The minimum absolute atomic E-state index is 0.0334. The van der Waals surface area contributed by atoms with Crippen LogP contribution < -0.4 is 11.1 Å². The Kier molecular flexibility index (Phi) is 10.4. The molecule has 0 amide bonds. The van der Waals surface area contributed by atoms with Crippen molar-refractivity contribution in [3.05, 3.63) is 0 Å². The molecule has 0 saturated heterocycles. The van der Waals surface area contributed by atoms with Gasteiger partial charge in [-0.3, -0.25) is 4.79 Å². The van der Waals surface area contributed by atoms with E-state index in [9.17, 15) is 4.79 Å². The van der Waals surface area contributed by atoms with E-state index >= 15 is 0 Å². The van der Waals surface area contributed by atoms with E-state index in [1.165, 1.54) is 0 Å². The SMILES string of the molecule is CC.CC(C)(C)NC(CCCCN)C(=O)C(C)(C)C. The molecule has 0 aliphatic carbocycles. The van der Waals surface area contributed by atoms with Gasteiger partial charge in [-0.2, -0.15) is 0 Å². The Labute approximate surface area is 120 Å². The molecule has 0 aromatic heterocycles. The van der Waals surface area contributed by atoms with Gasteiger partial charge < -0.3 is 11.1 Å². The van der Waals surface area contributed by atoms with Crippen molar-refractivity contribution in [1.29, 1.82) is 0 Å². The normalized spacial score (nSPS) is 13.5. The molecule has 3 heteroatoms. The van der Waals surface area contributed by atoms with Gasteiger partial charge in [-0.25, -0.2) is 0 Å². The van der Waals surface area contributed by atoms with Gasteiger partial charge in [0.25, 0.3) is 0 Å². The van der Waals surface area contributed by atoms with Crippen LogP contribution in [0.5, 0.6) is 0 Å². The first-order valence-corrected chi connectivity index (χ1v) is 7.60. The van der Waals surface area contributed by atoms with Crippen molar-refractivity contribution < 1.29 is 4.79 Å². The van der Waals surface area contributed by atoms with Crippen molar-refractivity contribution in [1.82, 2.24) is 5.32 Å². The van der Waals surface area contributed by atoms with Gasteiger partial charge in [0.1, 0.15) is 0 Å². The summed E-state index contributed by atoms with van der Waals surface area (Å²) in [7, 11) is 0. The van der Waals surface area contributed by atoms with Crippen LogP contribution in [0.2, 0.25) is 0 Å². The molecular formula is C16H36N2O. The van der Waals surface area contributed by atoms with Crippen molar-refractivity contribution in [3.63, 3.8) is 0 Å². The van der Waals surface area contributed by atoms with Crippen molar-refractivity contribution >= 4 is 5.78 Å². The largest absolute Gasteiger partial charge is 0.330 e. The predicted molar refractivity (Wildman–Crippen MR) is 85.4 cm³/mol. The van der Waals surface area contributed by atoms with Crippen LogP contribution >= 0.6 is 0 Å². The molecular weight excluding hydrogens is 236 g/mol. The van der Waals surface area contributed by atoms with Gasteiger partial charge in [-0.15, -0.1) is 0 Å². The molecule has 0 aliphatic rings. The summed E-state index contributed by atoms with van der Waals surface area (Å²) in [5.74, 6) is 0.296. The standard InChI is InChI=1S/C14H30N2O.C2H6/c1-13(2,3)12(17)11(9-7-8-10-15)16-14(4,5)6;1-2/h11,16H,7-10,15H2,1-6H3;1-2H3. The number of hydrogen-bond acceptors (Lipinski definition) is 3. The molecule has 0 aromatic carbocycles. The van der Waals surface area contributed by atoms with Crippen LogP contribution in [0.15, 0.2) is 0 Å². The van der Waals surface area contributed by atoms with E-state index in [0.29, 0.717) is 12.3 Å². The summed E-state index contributed by atoms with van der Waals surface area (Å²) in [6.45, 7) is 16.9. The maximum absolute atomic E-state index is 12.3. The molecule has 19 heavy (non-hydrogen) atoms. The molecule has 0 radical (unpaired) electrons.